The van der Waals surface area contributed by atoms with Crippen LogP contribution < -0.4 is 15.2 Å². The van der Waals surface area contributed by atoms with Gasteiger partial charge in [-0.25, -0.2) is 4.98 Å². The highest BCUT2D eigenvalue weighted by Gasteiger charge is 2.29. The number of rotatable bonds is 4. The summed E-state index contributed by atoms with van der Waals surface area (Å²) in [6, 6.07) is 18.5. The zero-order valence-electron chi connectivity index (χ0n) is 21.0. The van der Waals surface area contributed by atoms with Gasteiger partial charge < -0.3 is 19.1 Å². The Morgan fingerprint density at radius 1 is 1.00 bits per heavy atom. The average Bonchev–Trinajstić information content (AvgIpc) is 3.26. The fraction of sp³-hybridized carbons (Fsp3) is 0.214. The Labute approximate surface area is 223 Å². The lowest BCUT2D eigenvalue weighted by molar-refractivity contribution is 0.0741. The molecule has 6 rings (SSSR count). The van der Waals surface area contributed by atoms with Crippen molar-refractivity contribution in [2.75, 3.05) is 38.2 Å². The van der Waals surface area contributed by atoms with Crippen LogP contribution in [0.1, 0.15) is 10.5 Å². The summed E-state index contributed by atoms with van der Waals surface area (Å²) in [6.07, 6.45) is 1.77. The Balaban J connectivity index is 1.48. The highest BCUT2D eigenvalue weighted by atomic mass is 35.5. The van der Waals surface area contributed by atoms with E-state index in [1.807, 2.05) is 54.1 Å². The highest BCUT2D eigenvalue weighted by molar-refractivity contribution is 6.32. The summed E-state index contributed by atoms with van der Waals surface area (Å²) in [5.41, 5.74) is 1.60. The molecule has 0 saturated carbocycles. The maximum absolute atomic E-state index is 14.0. The third-order valence-corrected chi connectivity index (χ3v) is 7.36. The van der Waals surface area contributed by atoms with Crippen molar-refractivity contribution in [3.63, 3.8) is 0 Å². The Morgan fingerprint density at radius 2 is 1.76 bits per heavy atom. The van der Waals surface area contributed by atoms with Crippen molar-refractivity contribution < 1.29 is 9.53 Å². The van der Waals surface area contributed by atoms with Gasteiger partial charge in [0.1, 0.15) is 17.1 Å². The predicted molar refractivity (Wildman–Crippen MR) is 148 cm³/mol. The molecule has 1 aliphatic heterocycles. The van der Waals surface area contributed by atoms with Gasteiger partial charge in [0.25, 0.3) is 11.5 Å². The van der Waals surface area contributed by atoms with Gasteiger partial charge in [-0.2, -0.15) is 9.78 Å². The molecule has 2 aromatic carbocycles. The number of carbonyl (C=O) groups is 1. The van der Waals surface area contributed by atoms with Crippen molar-refractivity contribution in [3.8, 4) is 11.4 Å². The number of benzene rings is 2. The molecule has 9 nitrogen and oxygen atoms in total. The van der Waals surface area contributed by atoms with Crippen LogP contribution in [-0.2, 0) is 7.05 Å². The third kappa shape index (κ3) is 3.86. The molecule has 0 aliphatic carbocycles. The number of fused-ring (bicyclic) bond motifs is 3. The summed E-state index contributed by atoms with van der Waals surface area (Å²) in [4.78, 5) is 36.2. The van der Waals surface area contributed by atoms with Crippen LogP contribution in [0.5, 0.6) is 5.75 Å². The maximum atomic E-state index is 14.0. The number of methoxy groups -OCH3 is 1. The molecular formula is C28H25ClN6O3. The van der Waals surface area contributed by atoms with Crippen molar-refractivity contribution in [2.24, 2.45) is 7.05 Å². The van der Waals surface area contributed by atoms with Crippen LogP contribution >= 0.6 is 11.6 Å². The normalized spacial score (nSPS) is 13.9. The van der Waals surface area contributed by atoms with E-state index in [9.17, 15) is 9.59 Å². The number of hydrogen-bond donors (Lipinski definition) is 0. The van der Waals surface area contributed by atoms with Gasteiger partial charge in [-0.3, -0.25) is 9.59 Å². The lowest BCUT2D eigenvalue weighted by Gasteiger charge is -2.35. The molecule has 10 heteroatoms. The standard InChI is InChI=1S/C28H25ClN6O3/c1-32-21-8-4-3-7-19(21)24-25(27(36)34-15-13-33(14-16-34)23-9-5-6-12-30-23)31-35(28(37)26(24)32)18-10-11-22(38-2)20(29)17-18/h3-12,17H,13-16H2,1-2H3. The topological polar surface area (TPSA) is 85.5 Å². The van der Waals surface area contributed by atoms with E-state index in [0.29, 0.717) is 53.5 Å². The minimum Gasteiger partial charge on any atom is -0.495 e. The van der Waals surface area contributed by atoms with E-state index < -0.39 is 0 Å². The third-order valence-electron chi connectivity index (χ3n) is 7.06. The first-order valence-electron chi connectivity index (χ1n) is 12.3. The van der Waals surface area contributed by atoms with Crippen LogP contribution in [0.4, 0.5) is 5.82 Å². The molecular weight excluding hydrogens is 504 g/mol. The van der Waals surface area contributed by atoms with Crippen LogP contribution in [0.3, 0.4) is 0 Å². The number of pyridine rings is 1. The van der Waals surface area contributed by atoms with Gasteiger partial charge in [-0.05, 0) is 36.4 Å². The Bertz CT molecular complexity index is 1740. The van der Waals surface area contributed by atoms with Crippen LogP contribution in [0.15, 0.2) is 71.7 Å². The number of para-hydroxylation sites is 1. The van der Waals surface area contributed by atoms with Crippen LogP contribution in [0, 0.1) is 0 Å². The lowest BCUT2D eigenvalue weighted by atomic mass is 10.1. The molecule has 3 aromatic heterocycles. The number of amides is 1. The number of carbonyl (C=O) groups excluding carboxylic acids is 1. The summed E-state index contributed by atoms with van der Waals surface area (Å²) in [6.45, 7) is 2.32. The second kappa shape index (κ2) is 9.50. The van der Waals surface area contributed by atoms with Gasteiger partial charge in [-0.15, -0.1) is 0 Å². The van der Waals surface area contributed by atoms with Gasteiger partial charge in [0.05, 0.1) is 17.8 Å². The first-order valence-corrected chi connectivity index (χ1v) is 12.7. The minimum absolute atomic E-state index is 0.222. The molecule has 1 aliphatic rings. The smallest absolute Gasteiger partial charge is 0.296 e. The molecule has 192 valence electrons. The van der Waals surface area contributed by atoms with Crippen molar-refractivity contribution in [1.29, 1.82) is 0 Å². The lowest BCUT2D eigenvalue weighted by Crippen LogP contribution is -2.49. The molecule has 0 spiro atoms. The van der Waals surface area contributed by atoms with E-state index >= 15 is 0 Å². The zero-order chi connectivity index (χ0) is 26.4. The fourth-order valence-electron chi connectivity index (χ4n) is 5.12. The van der Waals surface area contributed by atoms with Crippen LogP contribution in [0.2, 0.25) is 5.02 Å². The molecule has 38 heavy (non-hydrogen) atoms. The van der Waals surface area contributed by atoms with E-state index in [1.165, 1.54) is 11.8 Å². The molecule has 0 bridgehead atoms. The van der Waals surface area contributed by atoms with Crippen molar-refractivity contribution in [3.05, 3.63) is 87.9 Å². The monoisotopic (exact) mass is 528 g/mol. The highest BCUT2D eigenvalue weighted by Crippen LogP contribution is 2.31. The Kier molecular flexibility index (Phi) is 6.00. The first kappa shape index (κ1) is 24.0. The minimum atomic E-state index is -0.337. The van der Waals surface area contributed by atoms with Gasteiger partial charge in [0.15, 0.2) is 5.69 Å². The maximum Gasteiger partial charge on any atom is 0.296 e. The molecule has 0 N–H and O–H groups in total. The van der Waals surface area contributed by atoms with Crippen molar-refractivity contribution >= 4 is 45.1 Å². The molecule has 1 fully saturated rings. The van der Waals surface area contributed by atoms with Crippen LogP contribution in [0.25, 0.3) is 27.5 Å². The summed E-state index contributed by atoms with van der Waals surface area (Å²) in [5.74, 6) is 1.15. The van der Waals surface area contributed by atoms with E-state index in [0.717, 1.165) is 16.7 Å². The number of nitrogens with zero attached hydrogens (tertiary/aromatic N) is 6. The number of aromatic nitrogens is 4. The largest absolute Gasteiger partial charge is 0.495 e. The number of anilines is 1. The number of hydrogen-bond acceptors (Lipinski definition) is 6. The summed E-state index contributed by atoms with van der Waals surface area (Å²) in [5, 5.41) is 6.37. The average molecular weight is 529 g/mol. The summed E-state index contributed by atoms with van der Waals surface area (Å²) >= 11 is 6.38. The van der Waals surface area contributed by atoms with Gasteiger partial charge in [0, 0.05) is 55.7 Å². The second-order valence-corrected chi connectivity index (χ2v) is 9.56. The van der Waals surface area contributed by atoms with E-state index in [2.05, 4.69) is 15.0 Å². The molecule has 4 heterocycles. The van der Waals surface area contributed by atoms with Crippen molar-refractivity contribution in [1.82, 2.24) is 24.2 Å². The van der Waals surface area contributed by atoms with Gasteiger partial charge in [-0.1, -0.05) is 35.9 Å². The number of aryl methyl sites for hydroxylation is 1. The Morgan fingerprint density at radius 3 is 2.47 bits per heavy atom. The quantitative estimate of drug-likeness (QED) is 0.352. The van der Waals surface area contributed by atoms with E-state index in [1.54, 1.807) is 29.3 Å². The van der Waals surface area contributed by atoms with Crippen molar-refractivity contribution in [2.45, 2.75) is 0 Å². The van der Waals surface area contributed by atoms with E-state index in [4.69, 9.17) is 16.3 Å². The van der Waals surface area contributed by atoms with E-state index in [-0.39, 0.29) is 17.2 Å². The fourth-order valence-corrected chi connectivity index (χ4v) is 5.37. The number of ether oxygens (including phenoxy) is 1. The molecule has 5 aromatic rings. The first-order chi connectivity index (χ1) is 18.5. The molecule has 1 amide bonds. The van der Waals surface area contributed by atoms with Gasteiger partial charge >= 0.3 is 0 Å². The summed E-state index contributed by atoms with van der Waals surface area (Å²) in [7, 11) is 3.36. The molecule has 0 atom stereocenters. The summed E-state index contributed by atoms with van der Waals surface area (Å²) < 4.78 is 8.34. The molecule has 0 unspecified atom stereocenters. The molecule has 1 saturated heterocycles. The predicted octanol–water partition coefficient (Wildman–Crippen LogP) is 3.90. The Hall–Kier alpha value is -4.37. The van der Waals surface area contributed by atoms with Gasteiger partial charge in [0.2, 0.25) is 0 Å². The second-order valence-electron chi connectivity index (χ2n) is 9.15. The molecule has 0 radical (unpaired) electrons. The SMILES string of the molecule is COc1ccc(-n2nc(C(=O)N3CCN(c4ccccn4)CC3)c3c4ccccc4n(C)c3c2=O)cc1Cl. The van der Waals surface area contributed by atoms with Crippen LogP contribution in [-0.4, -0.2) is 63.4 Å². The number of piperazine rings is 1. The number of halogens is 1. The zero-order valence-corrected chi connectivity index (χ0v) is 21.7.